The molecule has 2 amide bonds. The Hall–Kier alpha value is -2.22. The first kappa shape index (κ1) is 31.0. The maximum atomic E-state index is 13.2. The van der Waals surface area contributed by atoms with Gasteiger partial charge in [0.25, 0.3) is 0 Å². The van der Waals surface area contributed by atoms with Gasteiger partial charge in [-0.3, -0.25) is 14.4 Å². The molecule has 1 aromatic rings. The summed E-state index contributed by atoms with van der Waals surface area (Å²) in [6.45, 7) is 6.66. The molecule has 1 aliphatic rings. The zero-order valence-electron chi connectivity index (χ0n) is 21.7. The summed E-state index contributed by atoms with van der Waals surface area (Å²) in [5.74, 6) is -0.284. The standard InChI is InChI=1S/C26H37IN2O8/c1-5-36-10-6-8-29(26(34)16(2)3)20-13-18(25(33)28-7-9-30)14-21(23(20)32)37-24-19(27)11-17(15-31)12-22(24)35-4/h11-12,14-16,20-21,23,30,32H,5-10,13H2,1-4H3,(H,28,33)/t20-,21+,23+/m1/s1. The highest BCUT2D eigenvalue weighted by Crippen LogP contribution is 2.37. The van der Waals surface area contributed by atoms with Crippen molar-refractivity contribution in [2.45, 2.75) is 51.9 Å². The van der Waals surface area contributed by atoms with Crippen molar-refractivity contribution in [1.82, 2.24) is 10.2 Å². The van der Waals surface area contributed by atoms with Gasteiger partial charge in [-0.05, 0) is 54.1 Å². The fourth-order valence-electron chi connectivity index (χ4n) is 4.09. The second-order valence-corrected chi connectivity index (χ2v) is 10.1. The molecule has 1 aliphatic carbocycles. The lowest BCUT2D eigenvalue weighted by Crippen LogP contribution is -2.56. The number of hydrogen-bond donors (Lipinski definition) is 3. The van der Waals surface area contributed by atoms with E-state index in [0.717, 1.165) is 0 Å². The number of amides is 2. The quantitative estimate of drug-likeness (QED) is 0.161. The van der Waals surface area contributed by atoms with Gasteiger partial charge in [0.1, 0.15) is 18.5 Å². The van der Waals surface area contributed by atoms with Crippen LogP contribution in [0.2, 0.25) is 0 Å². The van der Waals surface area contributed by atoms with E-state index in [4.69, 9.17) is 19.3 Å². The average Bonchev–Trinajstić information content (AvgIpc) is 2.89. The largest absolute Gasteiger partial charge is 0.493 e. The molecule has 3 atom stereocenters. The Kier molecular flexibility index (Phi) is 12.8. The van der Waals surface area contributed by atoms with Crippen molar-refractivity contribution in [2.75, 3.05) is 40.0 Å². The highest BCUT2D eigenvalue weighted by atomic mass is 127. The molecule has 0 aliphatic heterocycles. The van der Waals surface area contributed by atoms with Crippen molar-refractivity contribution < 1.29 is 38.8 Å². The smallest absolute Gasteiger partial charge is 0.247 e. The van der Waals surface area contributed by atoms with Gasteiger partial charge >= 0.3 is 0 Å². The van der Waals surface area contributed by atoms with Crippen LogP contribution in [0.1, 0.15) is 44.0 Å². The van der Waals surface area contributed by atoms with E-state index < -0.39 is 24.2 Å². The minimum absolute atomic E-state index is 0.0663. The van der Waals surface area contributed by atoms with Crippen molar-refractivity contribution in [2.24, 2.45) is 5.92 Å². The first-order valence-corrected chi connectivity index (χ1v) is 13.4. The number of carbonyl (C=O) groups excluding carboxylic acids is 3. The molecule has 0 radical (unpaired) electrons. The molecule has 0 heterocycles. The summed E-state index contributed by atoms with van der Waals surface area (Å²) in [6, 6.07) is 2.41. The second kappa shape index (κ2) is 15.3. The van der Waals surface area contributed by atoms with Gasteiger partial charge in [0.05, 0.1) is 23.3 Å². The second-order valence-electron chi connectivity index (χ2n) is 8.90. The number of aliphatic hydroxyl groups excluding tert-OH is 2. The molecule has 0 saturated heterocycles. The predicted octanol–water partition coefficient (Wildman–Crippen LogP) is 1.94. The van der Waals surface area contributed by atoms with E-state index in [1.165, 1.54) is 19.3 Å². The molecule has 1 aromatic carbocycles. The van der Waals surface area contributed by atoms with E-state index in [-0.39, 0.29) is 31.4 Å². The van der Waals surface area contributed by atoms with Gasteiger partial charge in [0, 0.05) is 49.8 Å². The van der Waals surface area contributed by atoms with Gasteiger partial charge in [-0.2, -0.15) is 0 Å². The number of aliphatic hydroxyl groups is 2. The Morgan fingerprint density at radius 2 is 2.05 bits per heavy atom. The van der Waals surface area contributed by atoms with Crippen LogP contribution in [0, 0.1) is 9.49 Å². The average molecular weight is 632 g/mol. The van der Waals surface area contributed by atoms with Crippen LogP contribution >= 0.6 is 22.6 Å². The van der Waals surface area contributed by atoms with Crippen LogP contribution in [-0.2, 0) is 14.3 Å². The Morgan fingerprint density at radius 1 is 1.32 bits per heavy atom. The first-order chi connectivity index (χ1) is 17.7. The van der Waals surface area contributed by atoms with Crippen LogP contribution < -0.4 is 14.8 Å². The van der Waals surface area contributed by atoms with Gasteiger partial charge in [-0.1, -0.05) is 13.8 Å². The number of hydrogen-bond acceptors (Lipinski definition) is 8. The number of benzene rings is 1. The van der Waals surface area contributed by atoms with E-state index in [9.17, 15) is 19.5 Å². The Labute approximate surface area is 231 Å². The number of halogens is 1. The Morgan fingerprint density at radius 3 is 2.65 bits per heavy atom. The van der Waals surface area contributed by atoms with Crippen molar-refractivity contribution in [1.29, 1.82) is 0 Å². The molecule has 206 valence electrons. The van der Waals surface area contributed by atoms with E-state index in [1.807, 2.05) is 29.5 Å². The maximum Gasteiger partial charge on any atom is 0.247 e. The molecule has 2 rings (SSSR count). The third kappa shape index (κ3) is 8.39. The minimum atomic E-state index is -1.16. The number of rotatable bonds is 14. The number of aldehydes is 1. The van der Waals surface area contributed by atoms with Crippen molar-refractivity contribution in [3.05, 3.63) is 32.9 Å². The van der Waals surface area contributed by atoms with E-state index >= 15 is 0 Å². The summed E-state index contributed by atoms with van der Waals surface area (Å²) in [5, 5.41) is 23.2. The monoisotopic (exact) mass is 632 g/mol. The molecule has 37 heavy (non-hydrogen) atoms. The number of carbonyl (C=O) groups is 3. The highest BCUT2D eigenvalue weighted by Gasteiger charge is 2.41. The third-order valence-electron chi connectivity index (χ3n) is 5.93. The van der Waals surface area contributed by atoms with Crippen LogP contribution in [0.4, 0.5) is 0 Å². The van der Waals surface area contributed by atoms with Crippen LogP contribution in [0.5, 0.6) is 11.5 Å². The lowest BCUT2D eigenvalue weighted by molar-refractivity contribution is -0.142. The fourth-order valence-corrected chi connectivity index (χ4v) is 4.84. The van der Waals surface area contributed by atoms with Crippen molar-refractivity contribution >= 4 is 40.7 Å². The molecular formula is C26H37IN2O8. The molecular weight excluding hydrogens is 595 g/mol. The van der Waals surface area contributed by atoms with E-state index in [1.54, 1.807) is 24.8 Å². The molecule has 0 unspecified atom stereocenters. The lowest BCUT2D eigenvalue weighted by atomic mass is 9.87. The van der Waals surface area contributed by atoms with Crippen LogP contribution in [0.3, 0.4) is 0 Å². The summed E-state index contributed by atoms with van der Waals surface area (Å²) < 4.78 is 17.6. The third-order valence-corrected chi connectivity index (χ3v) is 6.73. The molecule has 3 N–H and O–H groups in total. The summed E-state index contributed by atoms with van der Waals surface area (Å²) in [7, 11) is 1.44. The fraction of sp³-hybridized carbons (Fsp3) is 0.577. The molecule has 0 bridgehead atoms. The lowest BCUT2D eigenvalue weighted by Gasteiger charge is -2.41. The topological polar surface area (TPSA) is 135 Å². The summed E-state index contributed by atoms with van der Waals surface area (Å²) in [5.41, 5.74) is 0.733. The van der Waals surface area contributed by atoms with Crippen LogP contribution in [0.15, 0.2) is 23.8 Å². The molecule has 10 nitrogen and oxygen atoms in total. The van der Waals surface area contributed by atoms with Gasteiger partial charge in [0.2, 0.25) is 11.8 Å². The van der Waals surface area contributed by atoms with Gasteiger partial charge < -0.3 is 34.6 Å². The van der Waals surface area contributed by atoms with Gasteiger partial charge in [-0.25, -0.2) is 0 Å². The SMILES string of the molecule is CCOCCCN(C(=O)C(C)C)[C@@H]1CC(C(=O)NCCO)=C[C@H](Oc2c(I)cc(C=O)cc2OC)[C@H]1O. The summed E-state index contributed by atoms with van der Waals surface area (Å²) >= 11 is 2.01. The first-order valence-electron chi connectivity index (χ1n) is 12.3. The molecule has 0 spiro atoms. The summed E-state index contributed by atoms with van der Waals surface area (Å²) in [4.78, 5) is 39.0. The number of nitrogens with zero attached hydrogens (tertiary/aromatic N) is 1. The molecule has 0 aromatic heterocycles. The molecule has 0 fully saturated rings. The summed E-state index contributed by atoms with van der Waals surface area (Å²) in [6.07, 6.45) is 0.762. The van der Waals surface area contributed by atoms with Gasteiger partial charge in [0.15, 0.2) is 11.5 Å². The number of ether oxygens (including phenoxy) is 3. The van der Waals surface area contributed by atoms with Gasteiger partial charge in [-0.15, -0.1) is 0 Å². The zero-order chi connectivity index (χ0) is 27.5. The normalized spacial score (nSPS) is 19.2. The Bertz CT molecular complexity index is 968. The van der Waals surface area contributed by atoms with E-state index in [0.29, 0.717) is 58.7 Å². The Balaban J connectivity index is 2.47. The van der Waals surface area contributed by atoms with Crippen molar-refractivity contribution in [3.8, 4) is 11.5 Å². The number of nitrogens with one attached hydrogen (secondary N) is 1. The maximum absolute atomic E-state index is 13.2. The molecule has 11 heteroatoms. The van der Waals surface area contributed by atoms with E-state index in [2.05, 4.69) is 5.32 Å². The highest BCUT2D eigenvalue weighted by molar-refractivity contribution is 14.1. The zero-order valence-corrected chi connectivity index (χ0v) is 23.9. The van der Waals surface area contributed by atoms with Crippen molar-refractivity contribution in [3.63, 3.8) is 0 Å². The predicted molar refractivity (Wildman–Crippen MR) is 146 cm³/mol. The number of methoxy groups -OCH3 is 1. The molecule has 0 saturated carbocycles. The van der Waals surface area contributed by atoms with Crippen LogP contribution in [0.25, 0.3) is 0 Å². The van der Waals surface area contributed by atoms with Crippen LogP contribution in [-0.4, -0.2) is 91.5 Å². The minimum Gasteiger partial charge on any atom is -0.493 e.